The molecule has 0 aliphatic carbocycles. The molecule has 74 valence electrons. The maximum Gasteiger partial charge on any atom is 0.0317 e. The lowest BCUT2D eigenvalue weighted by molar-refractivity contribution is 1.24. The van der Waals surface area contributed by atoms with E-state index in [1.165, 1.54) is 0 Å². The van der Waals surface area contributed by atoms with E-state index in [1.54, 1.807) is 0 Å². The van der Waals surface area contributed by atoms with Crippen LogP contribution in [0.15, 0.2) is 31.4 Å². The van der Waals surface area contributed by atoms with Crippen LogP contribution in [-0.4, -0.2) is 0 Å². The van der Waals surface area contributed by atoms with Crippen molar-refractivity contribution in [1.82, 2.24) is 0 Å². The summed E-state index contributed by atoms with van der Waals surface area (Å²) < 4.78 is 0. The highest BCUT2D eigenvalue weighted by atomic mass is 14.6. The highest BCUT2D eigenvalue weighted by Crippen LogP contribution is 2.21. The van der Waals surface area contributed by atoms with E-state index in [0.717, 1.165) is 28.7 Å². The molecule has 2 N–H and O–H groups in total. The third kappa shape index (κ3) is 2.05. The molecule has 1 nitrogen and oxygen atoms in total. The molecule has 0 saturated carbocycles. The van der Waals surface area contributed by atoms with Crippen LogP contribution in [0, 0.1) is 6.92 Å². The summed E-state index contributed by atoms with van der Waals surface area (Å²) >= 11 is 0. The maximum atomic E-state index is 5.70. The maximum absolute atomic E-state index is 5.70. The van der Waals surface area contributed by atoms with E-state index in [2.05, 4.69) is 38.3 Å². The van der Waals surface area contributed by atoms with Gasteiger partial charge in [0.25, 0.3) is 0 Å². The van der Waals surface area contributed by atoms with Crippen LogP contribution in [0.25, 0.3) is 11.3 Å². The van der Waals surface area contributed by atoms with E-state index in [-0.39, 0.29) is 0 Å². The van der Waals surface area contributed by atoms with Gasteiger partial charge in [-0.05, 0) is 36.1 Å². The molecular weight excluding hydrogens is 170 g/mol. The fraction of sp³-hybridized carbons (Fsp3) is 0.231. The van der Waals surface area contributed by atoms with Gasteiger partial charge in [-0.3, -0.25) is 0 Å². The molecular formula is C13H17N. The zero-order valence-electron chi connectivity index (χ0n) is 8.93. The number of rotatable bonds is 3. The third-order valence-corrected chi connectivity index (χ3v) is 2.42. The van der Waals surface area contributed by atoms with Gasteiger partial charge in [-0.25, -0.2) is 0 Å². The minimum absolute atomic E-state index is 0.619. The van der Waals surface area contributed by atoms with Gasteiger partial charge in [0.1, 0.15) is 0 Å². The van der Waals surface area contributed by atoms with Crippen LogP contribution in [0.3, 0.4) is 0 Å². The molecule has 0 aliphatic heterocycles. The molecule has 1 rings (SSSR count). The van der Waals surface area contributed by atoms with E-state index >= 15 is 0 Å². The highest BCUT2D eigenvalue weighted by Gasteiger charge is 2.02. The SMILES string of the molecule is C=C(CC)c1ccc(C)c(C(=C)N)c1. The smallest absolute Gasteiger partial charge is 0.0317 e. The summed E-state index contributed by atoms with van der Waals surface area (Å²) in [6, 6.07) is 6.20. The van der Waals surface area contributed by atoms with Crippen molar-refractivity contribution in [3.63, 3.8) is 0 Å². The third-order valence-electron chi connectivity index (χ3n) is 2.42. The zero-order chi connectivity index (χ0) is 10.7. The van der Waals surface area contributed by atoms with Crippen LogP contribution in [0.1, 0.15) is 30.0 Å². The molecule has 0 bridgehead atoms. The Morgan fingerprint density at radius 1 is 1.36 bits per heavy atom. The second-order valence-corrected chi connectivity index (χ2v) is 3.51. The van der Waals surface area contributed by atoms with Crippen molar-refractivity contribution in [1.29, 1.82) is 0 Å². The summed E-state index contributed by atoms with van der Waals surface area (Å²) in [6.07, 6.45) is 0.958. The second-order valence-electron chi connectivity index (χ2n) is 3.51. The Morgan fingerprint density at radius 2 is 2.00 bits per heavy atom. The first-order valence-electron chi connectivity index (χ1n) is 4.79. The van der Waals surface area contributed by atoms with Gasteiger partial charge in [-0.2, -0.15) is 0 Å². The lowest BCUT2D eigenvalue weighted by Crippen LogP contribution is -1.98. The van der Waals surface area contributed by atoms with Crippen molar-refractivity contribution < 1.29 is 0 Å². The van der Waals surface area contributed by atoms with Crippen molar-refractivity contribution in [2.45, 2.75) is 20.3 Å². The van der Waals surface area contributed by atoms with Gasteiger partial charge in [0, 0.05) is 11.3 Å². The number of hydrogen-bond donors (Lipinski definition) is 1. The second kappa shape index (κ2) is 4.14. The number of benzene rings is 1. The molecule has 0 atom stereocenters. The standard InChI is InChI=1S/C13H17N/c1-5-9(2)12-7-6-10(3)13(8-12)11(4)14/h6-8H,2,4-5,14H2,1,3H3. The largest absolute Gasteiger partial charge is 0.399 e. The number of hydrogen-bond acceptors (Lipinski definition) is 1. The summed E-state index contributed by atoms with van der Waals surface area (Å²) in [5.74, 6) is 0. The zero-order valence-corrected chi connectivity index (χ0v) is 8.93. The molecule has 14 heavy (non-hydrogen) atoms. The number of aryl methyl sites for hydroxylation is 1. The first-order chi connectivity index (χ1) is 6.56. The van der Waals surface area contributed by atoms with E-state index in [9.17, 15) is 0 Å². The quantitative estimate of drug-likeness (QED) is 0.771. The number of nitrogens with two attached hydrogens (primary N) is 1. The van der Waals surface area contributed by atoms with E-state index in [1.807, 2.05) is 6.92 Å². The van der Waals surface area contributed by atoms with Crippen molar-refractivity contribution in [2.24, 2.45) is 5.73 Å². The molecule has 1 aromatic carbocycles. The Labute approximate surface area is 85.9 Å². The Hall–Kier alpha value is -1.50. The van der Waals surface area contributed by atoms with Crippen molar-refractivity contribution in [2.75, 3.05) is 0 Å². The Morgan fingerprint density at radius 3 is 2.50 bits per heavy atom. The van der Waals surface area contributed by atoms with Crippen LogP contribution in [0.4, 0.5) is 0 Å². The van der Waals surface area contributed by atoms with Crippen molar-refractivity contribution in [3.05, 3.63) is 48.0 Å². The molecule has 0 fully saturated rings. The fourth-order valence-corrected chi connectivity index (χ4v) is 1.39. The molecule has 1 aromatic rings. The molecule has 1 heteroatoms. The predicted octanol–water partition coefficient (Wildman–Crippen LogP) is 3.35. The Bertz CT molecular complexity index is 375. The first kappa shape index (κ1) is 10.6. The molecule has 0 unspecified atom stereocenters. The van der Waals surface area contributed by atoms with Crippen LogP contribution in [-0.2, 0) is 0 Å². The lowest BCUT2D eigenvalue weighted by Gasteiger charge is -2.09. The van der Waals surface area contributed by atoms with Crippen LogP contribution >= 0.6 is 0 Å². The summed E-state index contributed by atoms with van der Waals surface area (Å²) in [7, 11) is 0. The molecule has 0 radical (unpaired) electrons. The summed E-state index contributed by atoms with van der Waals surface area (Å²) in [4.78, 5) is 0. The number of allylic oxidation sites excluding steroid dienone is 1. The lowest BCUT2D eigenvalue weighted by atomic mass is 9.98. The summed E-state index contributed by atoms with van der Waals surface area (Å²) in [5.41, 5.74) is 10.8. The predicted molar refractivity (Wildman–Crippen MR) is 63.7 cm³/mol. The van der Waals surface area contributed by atoms with Crippen molar-refractivity contribution in [3.8, 4) is 0 Å². The monoisotopic (exact) mass is 187 g/mol. The normalized spacial score (nSPS) is 9.86. The van der Waals surface area contributed by atoms with Gasteiger partial charge in [-0.15, -0.1) is 0 Å². The van der Waals surface area contributed by atoms with Gasteiger partial charge >= 0.3 is 0 Å². The summed E-state index contributed by atoms with van der Waals surface area (Å²) in [5, 5.41) is 0. The topological polar surface area (TPSA) is 26.0 Å². The van der Waals surface area contributed by atoms with Crippen LogP contribution in [0.2, 0.25) is 0 Å². The minimum atomic E-state index is 0.619. The molecule has 0 spiro atoms. The Kier molecular flexibility index (Phi) is 3.13. The van der Waals surface area contributed by atoms with Crippen LogP contribution in [0.5, 0.6) is 0 Å². The van der Waals surface area contributed by atoms with Gasteiger partial charge in [0.05, 0.1) is 0 Å². The molecule has 0 aliphatic rings. The summed E-state index contributed by atoms with van der Waals surface area (Å²) in [6.45, 7) is 11.9. The van der Waals surface area contributed by atoms with Gasteiger partial charge in [-0.1, -0.05) is 32.2 Å². The van der Waals surface area contributed by atoms with Crippen LogP contribution < -0.4 is 5.73 Å². The average Bonchev–Trinajstić information content (AvgIpc) is 2.17. The molecule has 0 saturated heterocycles. The highest BCUT2D eigenvalue weighted by molar-refractivity contribution is 5.71. The van der Waals surface area contributed by atoms with E-state index in [0.29, 0.717) is 5.70 Å². The molecule has 0 amide bonds. The van der Waals surface area contributed by atoms with Crippen molar-refractivity contribution >= 4 is 11.3 Å². The van der Waals surface area contributed by atoms with E-state index in [4.69, 9.17) is 5.73 Å². The molecule has 0 aromatic heterocycles. The average molecular weight is 187 g/mol. The Balaban J connectivity index is 3.19. The first-order valence-corrected chi connectivity index (χ1v) is 4.79. The van der Waals surface area contributed by atoms with E-state index < -0.39 is 0 Å². The van der Waals surface area contributed by atoms with Gasteiger partial charge in [0.15, 0.2) is 0 Å². The fourth-order valence-electron chi connectivity index (χ4n) is 1.39. The molecule has 0 heterocycles. The van der Waals surface area contributed by atoms with Gasteiger partial charge < -0.3 is 5.73 Å². The van der Waals surface area contributed by atoms with Gasteiger partial charge in [0.2, 0.25) is 0 Å². The minimum Gasteiger partial charge on any atom is -0.399 e.